The zero-order valence-electron chi connectivity index (χ0n) is 11.1. The fourth-order valence-corrected chi connectivity index (χ4v) is 1.68. The molecule has 0 aromatic carbocycles. The van der Waals surface area contributed by atoms with E-state index in [1.54, 1.807) is 25.4 Å². The van der Waals surface area contributed by atoms with E-state index in [2.05, 4.69) is 25.4 Å². The van der Waals surface area contributed by atoms with Gasteiger partial charge >= 0.3 is 0 Å². The van der Waals surface area contributed by atoms with Crippen molar-refractivity contribution in [2.45, 2.75) is 13.0 Å². The first kappa shape index (κ1) is 13.0. The topological polar surface area (TPSA) is 107 Å². The quantitative estimate of drug-likeness (QED) is 0.775. The first-order chi connectivity index (χ1) is 10.2. The van der Waals surface area contributed by atoms with Crippen molar-refractivity contribution in [1.29, 1.82) is 0 Å². The second-order valence-electron chi connectivity index (χ2n) is 4.26. The Morgan fingerprint density at radius 1 is 1.33 bits per heavy atom. The Morgan fingerprint density at radius 2 is 2.24 bits per heavy atom. The first-order valence-corrected chi connectivity index (χ1v) is 6.17. The molecule has 0 spiro atoms. The SMILES string of the molecule is C[C@H](NC(=O)c1cnco1)c1nc(-c2cccnc2)no1. The van der Waals surface area contributed by atoms with E-state index in [1.807, 2.05) is 6.07 Å². The molecule has 106 valence electrons. The fraction of sp³-hybridized carbons (Fsp3) is 0.154. The van der Waals surface area contributed by atoms with E-state index in [0.29, 0.717) is 11.7 Å². The summed E-state index contributed by atoms with van der Waals surface area (Å²) in [4.78, 5) is 23.7. The third-order valence-electron chi connectivity index (χ3n) is 2.74. The lowest BCUT2D eigenvalue weighted by Gasteiger charge is -2.07. The van der Waals surface area contributed by atoms with Crippen LogP contribution in [0.1, 0.15) is 29.4 Å². The van der Waals surface area contributed by atoms with Crippen molar-refractivity contribution < 1.29 is 13.7 Å². The van der Waals surface area contributed by atoms with Gasteiger partial charge in [-0.25, -0.2) is 4.98 Å². The summed E-state index contributed by atoms with van der Waals surface area (Å²) in [5.41, 5.74) is 0.737. The minimum Gasteiger partial charge on any atom is -0.438 e. The average Bonchev–Trinajstić information content (AvgIpc) is 3.20. The number of oxazole rings is 1. The maximum absolute atomic E-state index is 11.8. The molecule has 0 aliphatic rings. The predicted molar refractivity (Wildman–Crippen MR) is 69.9 cm³/mol. The van der Waals surface area contributed by atoms with Crippen molar-refractivity contribution in [3.05, 3.63) is 48.8 Å². The summed E-state index contributed by atoms with van der Waals surface area (Å²) in [7, 11) is 0. The summed E-state index contributed by atoms with van der Waals surface area (Å²) >= 11 is 0. The lowest BCUT2D eigenvalue weighted by atomic mass is 10.3. The number of hydrogen-bond acceptors (Lipinski definition) is 7. The molecule has 21 heavy (non-hydrogen) atoms. The summed E-state index contributed by atoms with van der Waals surface area (Å²) in [6.07, 6.45) is 5.81. The summed E-state index contributed by atoms with van der Waals surface area (Å²) in [6.45, 7) is 1.73. The highest BCUT2D eigenvalue weighted by Gasteiger charge is 2.19. The number of carbonyl (C=O) groups is 1. The molecule has 0 bridgehead atoms. The number of pyridine rings is 1. The molecule has 0 radical (unpaired) electrons. The van der Waals surface area contributed by atoms with Gasteiger partial charge in [-0.05, 0) is 19.1 Å². The Kier molecular flexibility index (Phi) is 3.42. The van der Waals surface area contributed by atoms with Gasteiger partial charge in [-0.15, -0.1) is 0 Å². The number of hydrogen-bond donors (Lipinski definition) is 1. The largest absolute Gasteiger partial charge is 0.438 e. The van der Waals surface area contributed by atoms with Crippen molar-refractivity contribution in [3.63, 3.8) is 0 Å². The van der Waals surface area contributed by atoms with Crippen LogP contribution in [0.5, 0.6) is 0 Å². The van der Waals surface area contributed by atoms with Crippen LogP contribution in [-0.4, -0.2) is 26.0 Å². The molecule has 3 aromatic heterocycles. The van der Waals surface area contributed by atoms with E-state index in [-0.39, 0.29) is 5.76 Å². The highest BCUT2D eigenvalue weighted by molar-refractivity contribution is 5.91. The second-order valence-corrected chi connectivity index (χ2v) is 4.26. The number of nitrogens with one attached hydrogen (secondary N) is 1. The maximum atomic E-state index is 11.8. The van der Waals surface area contributed by atoms with E-state index in [0.717, 1.165) is 5.56 Å². The van der Waals surface area contributed by atoms with Crippen molar-refractivity contribution in [3.8, 4) is 11.4 Å². The van der Waals surface area contributed by atoms with Gasteiger partial charge in [-0.2, -0.15) is 4.98 Å². The molecule has 1 N–H and O–H groups in total. The maximum Gasteiger partial charge on any atom is 0.289 e. The Bertz CT molecular complexity index is 723. The van der Waals surface area contributed by atoms with Crippen LogP contribution in [0.2, 0.25) is 0 Å². The van der Waals surface area contributed by atoms with Crippen LogP contribution in [0.4, 0.5) is 0 Å². The summed E-state index contributed by atoms with van der Waals surface area (Å²) in [5, 5.41) is 6.54. The third-order valence-corrected chi connectivity index (χ3v) is 2.74. The number of amides is 1. The van der Waals surface area contributed by atoms with Crippen molar-refractivity contribution in [1.82, 2.24) is 25.4 Å². The molecule has 3 heterocycles. The summed E-state index contributed by atoms with van der Waals surface area (Å²) in [6, 6.07) is 3.14. The van der Waals surface area contributed by atoms with Crippen molar-refractivity contribution in [2.75, 3.05) is 0 Å². The molecule has 0 aliphatic carbocycles. The monoisotopic (exact) mass is 285 g/mol. The van der Waals surface area contributed by atoms with Gasteiger partial charge in [0.2, 0.25) is 17.5 Å². The molecule has 8 heteroatoms. The van der Waals surface area contributed by atoms with Crippen LogP contribution < -0.4 is 5.32 Å². The number of rotatable bonds is 4. The van der Waals surface area contributed by atoms with Gasteiger partial charge in [-0.3, -0.25) is 9.78 Å². The molecule has 0 unspecified atom stereocenters. The predicted octanol–water partition coefficient (Wildman–Crippen LogP) is 1.61. The number of aromatic nitrogens is 4. The molecular formula is C13H11N5O3. The minimum absolute atomic E-state index is 0.119. The lowest BCUT2D eigenvalue weighted by Crippen LogP contribution is -2.26. The molecule has 3 aromatic rings. The highest BCUT2D eigenvalue weighted by Crippen LogP contribution is 2.17. The third kappa shape index (κ3) is 2.78. The lowest BCUT2D eigenvalue weighted by molar-refractivity contribution is 0.0904. The molecule has 0 saturated heterocycles. The number of nitrogens with zero attached hydrogens (tertiary/aromatic N) is 4. The van der Waals surface area contributed by atoms with Crippen LogP contribution in [0, 0.1) is 0 Å². The van der Waals surface area contributed by atoms with Crippen LogP contribution in [-0.2, 0) is 0 Å². The molecule has 0 fully saturated rings. The summed E-state index contributed by atoms with van der Waals surface area (Å²) in [5.74, 6) is 0.426. The molecule has 0 aliphatic heterocycles. The standard InChI is InChI=1S/C13H11N5O3/c1-8(16-12(19)10-6-15-7-20-10)13-17-11(18-21-13)9-3-2-4-14-5-9/h2-8H,1H3,(H,16,19)/t8-/m0/s1. The molecule has 0 saturated carbocycles. The normalized spacial score (nSPS) is 12.0. The van der Waals surface area contributed by atoms with E-state index in [4.69, 9.17) is 8.94 Å². The van der Waals surface area contributed by atoms with E-state index in [9.17, 15) is 4.79 Å². The molecule has 8 nitrogen and oxygen atoms in total. The average molecular weight is 285 g/mol. The first-order valence-electron chi connectivity index (χ1n) is 6.17. The van der Waals surface area contributed by atoms with Gasteiger partial charge in [0.25, 0.3) is 5.91 Å². The molecule has 3 rings (SSSR count). The zero-order valence-corrected chi connectivity index (χ0v) is 11.1. The Hall–Kier alpha value is -3.03. The van der Waals surface area contributed by atoms with Crippen molar-refractivity contribution in [2.24, 2.45) is 0 Å². The minimum atomic E-state index is -0.458. The zero-order chi connectivity index (χ0) is 14.7. The Balaban J connectivity index is 1.73. The highest BCUT2D eigenvalue weighted by atomic mass is 16.5. The van der Waals surface area contributed by atoms with E-state index < -0.39 is 11.9 Å². The van der Waals surface area contributed by atoms with Crippen LogP contribution in [0.25, 0.3) is 11.4 Å². The Morgan fingerprint density at radius 3 is 2.95 bits per heavy atom. The van der Waals surface area contributed by atoms with Gasteiger partial charge in [-0.1, -0.05) is 5.16 Å². The summed E-state index contributed by atoms with van der Waals surface area (Å²) < 4.78 is 10.1. The van der Waals surface area contributed by atoms with Crippen LogP contribution >= 0.6 is 0 Å². The second kappa shape index (κ2) is 5.53. The Labute approximate surface area is 119 Å². The number of carbonyl (C=O) groups excluding carboxylic acids is 1. The van der Waals surface area contributed by atoms with Gasteiger partial charge in [0, 0.05) is 18.0 Å². The van der Waals surface area contributed by atoms with Crippen LogP contribution in [0.15, 0.2) is 46.1 Å². The van der Waals surface area contributed by atoms with Gasteiger partial charge in [0.05, 0.1) is 6.20 Å². The van der Waals surface area contributed by atoms with Gasteiger partial charge in [0.1, 0.15) is 6.04 Å². The smallest absolute Gasteiger partial charge is 0.289 e. The van der Waals surface area contributed by atoms with E-state index in [1.165, 1.54) is 12.6 Å². The molecular weight excluding hydrogens is 274 g/mol. The van der Waals surface area contributed by atoms with E-state index >= 15 is 0 Å². The van der Waals surface area contributed by atoms with Crippen molar-refractivity contribution >= 4 is 5.91 Å². The van der Waals surface area contributed by atoms with Crippen LogP contribution in [0.3, 0.4) is 0 Å². The fourth-order valence-electron chi connectivity index (χ4n) is 1.68. The molecule has 1 amide bonds. The van der Waals surface area contributed by atoms with Gasteiger partial charge in [0.15, 0.2) is 6.39 Å². The van der Waals surface area contributed by atoms with Gasteiger partial charge < -0.3 is 14.3 Å². The molecule has 1 atom stereocenters.